The highest BCUT2D eigenvalue weighted by atomic mass is 32.1. The first kappa shape index (κ1) is 17.4. The van der Waals surface area contributed by atoms with Crippen LogP contribution in [0, 0.1) is 6.92 Å². The zero-order chi connectivity index (χ0) is 18.8. The summed E-state index contributed by atoms with van der Waals surface area (Å²) in [6.45, 7) is 2.02. The van der Waals surface area contributed by atoms with E-state index in [-0.39, 0.29) is 11.0 Å². The molecule has 134 valence electrons. The van der Waals surface area contributed by atoms with E-state index in [2.05, 4.69) is 15.6 Å². The molecule has 2 aromatic heterocycles. The third-order valence-corrected chi connectivity index (χ3v) is 5.07. The van der Waals surface area contributed by atoms with E-state index in [1.165, 1.54) is 11.3 Å². The van der Waals surface area contributed by atoms with Crippen LogP contribution < -0.4 is 10.6 Å². The van der Waals surface area contributed by atoms with Crippen molar-refractivity contribution in [2.75, 3.05) is 5.32 Å². The summed E-state index contributed by atoms with van der Waals surface area (Å²) in [5.41, 5.74) is 4.18. The second-order valence-corrected chi connectivity index (χ2v) is 7.26. The number of anilines is 1. The fourth-order valence-corrected chi connectivity index (χ4v) is 3.50. The summed E-state index contributed by atoms with van der Waals surface area (Å²) in [5, 5.41) is 7.75. The molecule has 0 bridgehead atoms. The fraction of sp³-hybridized carbons (Fsp3) is 0.0500. The number of rotatable bonds is 3. The number of nitrogens with zero attached hydrogens (tertiary/aromatic N) is 1. The van der Waals surface area contributed by atoms with Crippen LogP contribution in [0.1, 0.15) is 15.2 Å². The number of oxazole rings is 1. The van der Waals surface area contributed by atoms with Crippen molar-refractivity contribution >= 4 is 51.4 Å². The lowest BCUT2D eigenvalue weighted by atomic mass is 10.1. The summed E-state index contributed by atoms with van der Waals surface area (Å²) in [5.74, 6) is 0.348. The molecule has 0 aliphatic heterocycles. The van der Waals surface area contributed by atoms with Crippen LogP contribution in [0.2, 0.25) is 0 Å². The van der Waals surface area contributed by atoms with Gasteiger partial charge in [0.15, 0.2) is 10.7 Å². The molecule has 0 spiro atoms. The minimum atomic E-state index is -0.230. The van der Waals surface area contributed by atoms with E-state index in [9.17, 15) is 4.79 Å². The molecule has 1 amide bonds. The largest absolute Gasteiger partial charge is 0.436 e. The van der Waals surface area contributed by atoms with Gasteiger partial charge in [-0.05, 0) is 60.4 Å². The minimum absolute atomic E-state index is 0.230. The van der Waals surface area contributed by atoms with E-state index in [4.69, 9.17) is 16.6 Å². The van der Waals surface area contributed by atoms with Crippen molar-refractivity contribution in [2.24, 2.45) is 0 Å². The van der Waals surface area contributed by atoms with Crippen molar-refractivity contribution in [2.45, 2.75) is 6.92 Å². The van der Waals surface area contributed by atoms with Crippen LogP contribution in [0.3, 0.4) is 0 Å². The maximum Gasteiger partial charge on any atom is 0.267 e. The van der Waals surface area contributed by atoms with Gasteiger partial charge in [0.2, 0.25) is 5.89 Å². The van der Waals surface area contributed by atoms with Gasteiger partial charge in [0.1, 0.15) is 5.52 Å². The van der Waals surface area contributed by atoms with Crippen molar-refractivity contribution in [3.8, 4) is 11.5 Å². The maximum atomic E-state index is 12.1. The Hall–Kier alpha value is -3.03. The normalized spacial score (nSPS) is 10.7. The second-order valence-electron chi connectivity index (χ2n) is 5.90. The van der Waals surface area contributed by atoms with Crippen molar-refractivity contribution < 1.29 is 9.21 Å². The number of aromatic nitrogens is 1. The van der Waals surface area contributed by atoms with Gasteiger partial charge >= 0.3 is 0 Å². The number of carbonyl (C=O) groups excluding carboxylic acids is 1. The molecule has 0 atom stereocenters. The average molecular weight is 393 g/mol. The summed E-state index contributed by atoms with van der Waals surface area (Å²) in [6, 6.07) is 17.0. The van der Waals surface area contributed by atoms with E-state index in [0.29, 0.717) is 21.9 Å². The standard InChI is InChI=1S/C20H15N3O2S2/c1-12-5-2-3-6-14(12)19-22-15-11-13(8-9-16(15)25-19)21-20(26)23-18(24)17-7-4-10-27-17/h2-11H,1H3,(H2,21,23,24,26). The molecule has 27 heavy (non-hydrogen) atoms. The van der Waals surface area contributed by atoms with Crippen LogP contribution in [-0.4, -0.2) is 16.0 Å². The second kappa shape index (κ2) is 7.30. The van der Waals surface area contributed by atoms with E-state index in [1.807, 2.05) is 60.8 Å². The average Bonchev–Trinajstić information content (AvgIpc) is 3.31. The Morgan fingerprint density at radius 3 is 2.78 bits per heavy atom. The van der Waals surface area contributed by atoms with Gasteiger partial charge in [0, 0.05) is 11.3 Å². The van der Waals surface area contributed by atoms with Crippen molar-refractivity contribution in [3.05, 3.63) is 70.4 Å². The smallest absolute Gasteiger partial charge is 0.267 e. The van der Waals surface area contributed by atoms with Crippen molar-refractivity contribution in [1.82, 2.24) is 10.3 Å². The number of amides is 1. The van der Waals surface area contributed by atoms with E-state index >= 15 is 0 Å². The number of nitrogens with one attached hydrogen (secondary N) is 2. The molecule has 0 aliphatic carbocycles. The first-order valence-electron chi connectivity index (χ1n) is 8.22. The number of thiophene rings is 1. The molecular weight excluding hydrogens is 378 g/mol. The SMILES string of the molecule is Cc1ccccc1-c1nc2cc(NC(=S)NC(=O)c3cccs3)ccc2o1. The van der Waals surface area contributed by atoms with Gasteiger partial charge in [-0.2, -0.15) is 0 Å². The van der Waals surface area contributed by atoms with Crippen LogP contribution in [-0.2, 0) is 0 Å². The maximum absolute atomic E-state index is 12.1. The van der Waals surface area contributed by atoms with Gasteiger partial charge in [-0.15, -0.1) is 11.3 Å². The Morgan fingerprint density at radius 1 is 1.15 bits per heavy atom. The topological polar surface area (TPSA) is 67.2 Å². The zero-order valence-electron chi connectivity index (χ0n) is 14.4. The molecule has 7 heteroatoms. The molecule has 4 rings (SSSR count). The summed E-state index contributed by atoms with van der Waals surface area (Å²) in [6.07, 6.45) is 0. The predicted molar refractivity (Wildman–Crippen MR) is 112 cm³/mol. The van der Waals surface area contributed by atoms with Gasteiger partial charge in [-0.3, -0.25) is 10.1 Å². The number of benzene rings is 2. The van der Waals surface area contributed by atoms with Gasteiger partial charge < -0.3 is 9.73 Å². The first-order valence-corrected chi connectivity index (χ1v) is 9.51. The Morgan fingerprint density at radius 2 is 2.00 bits per heavy atom. The fourth-order valence-electron chi connectivity index (χ4n) is 2.67. The monoisotopic (exact) mass is 393 g/mol. The highest BCUT2D eigenvalue weighted by Gasteiger charge is 2.12. The lowest BCUT2D eigenvalue weighted by Crippen LogP contribution is -2.33. The number of hydrogen-bond acceptors (Lipinski definition) is 5. The van der Waals surface area contributed by atoms with Crippen LogP contribution in [0.25, 0.3) is 22.6 Å². The Bertz CT molecular complexity index is 1130. The van der Waals surface area contributed by atoms with Crippen LogP contribution in [0.15, 0.2) is 64.4 Å². The minimum Gasteiger partial charge on any atom is -0.436 e. The van der Waals surface area contributed by atoms with Crippen LogP contribution >= 0.6 is 23.6 Å². The number of thiocarbonyl (C=S) groups is 1. The van der Waals surface area contributed by atoms with Crippen molar-refractivity contribution in [3.63, 3.8) is 0 Å². The van der Waals surface area contributed by atoms with E-state index < -0.39 is 0 Å². The summed E-state index contributed by atoms with van der Waals surface area (Å²) >= 11 is 6.59. The quantitative estimate of drug-likeness (QED) is 0.480. The van der Waals surface area contributed by atoms with E-state index in [0.717, 1.165) is 16.8 Å². The lowest BCUT2D eigenvalue weighted by molar-refractivity contribution is 0.0981. The van der Waals surface area contributed by atoms with Gasteiger partial charge in [0.05, 0.1) is 4.88 Å². The summed E-state index contributed by atoms with van der Waals surface area (Å²) in [7, 11) is 0. The zero-order valence-corrected chi connectivity index (χ0v) is 16.0. The molecule has 0 unspecified atom stereocenters. The molecule has 2 heterocycles. The third-order valence-electron chi connectivity index (χ3n) is 3.99. The molecule has 0 aliphatic rings. The highest BCUT2D eigenvalue weighted by Crippen LogP contribution is 2.28. The molecule has 2 N–H and O–H groups in total. The van der Waals surface area contributed by atoms with Crippen LogP contribution in [0.4, 0.5) is 5.69 Å². The number of carbonyl (C=O) groups is 1. The van der Waals surface area contributed by atoms with Gasteiger partial charge in [-0.25, -0.2) is 4.98 Å². The predicted octanol–water partition coefficient (Wildman–Crippen LogP) is 4.99. The molecule has 0 saturated carbocycles. The first-order chi connectivity index (χ1) is 13.1. The Kier molecular flexibility index (Phi) is 4.70. The molecule has 0 fully saturated rings. The van der Waals surface area contributed by atoms with Gasteiger partial charge in [0.25, 0.3) is 5.91 Å². The van der Waals surface area contributed by atoms with E-state index in [1.54, 1.807) is 6.07 Å². The molecular formula is C20H15N3O2S2. The van der Waals surface area contributed by atoms with Crippen molar-refractivity contribution in [1.29, 1.82) is 0 Å². The highest BCUT2D eigenvalue weighted by molar-refractivity contribution is 7.80. The lowest BCUT2D eigenvalue weighted by Gasteiger charge is -2.08. The molecule has 2 aromatic carbocycles. The Labute approximate surface area is 165 Å². The summed E-state index contributed by atoms with van der Waals surface area (Å²) in [4.78, 5) is 17.2. The van der Waals surface area contributed by atoms with Gasteiger partial charge in [-0.1, -0.05) is 24.3 Å². The Balaban J connectivity index is 1.52. The number of fused-ring (bicyclic) bond motifs is 1. The number of hydrogen-bond donors (Lipinski definition) is 2. The summed E-state index contributed by atoms with van der Waals surface area (Å²) < 4.78 is 5.87. The van der Waals surface area contributed by atoms with Crippen LogP contribution in [0.5, 0.6) is 0 Å². The third kappa shape index (κ3) is 3.74. The molecule has 0 radical (unpaired) electrons. The molecule has 4 aromatic rings. The number of aryl methyl sites for hydroxylation is 1. The molecule has 0 saturated heterocycles. The molecule has 5 nitrogen and oxygen atoms in total.